The topological polar surface area (TPSA) is 66.5 Å². The fourth-order valence-electron chi connectivity index (χ4n) is 5.33. The van der Waals surface area contributed by atoms with Crippen LogP contribution in [0.4, 0.5) is 0 Å². The predicted octanol–water partition coefficient (Wildman–Crippen LogP) is 3.31. The lowest BCUT2D eigenvalue weighted by atomic mass is 9.73. The maximum absolute atomic E-state index is 12.5. The van der Waals surface area contributed by atoms with Gasteiger partial charge in [0.1, 0.15) is 0 Å². The highest BCUT2D eigenvalue weighted by Crippen LogP contribution is 2.52. The lowest BCUT2D eigenvalue weighted by molar-refractivity contribution is -0.122. The van der Waals surface area contributed by atoms with E-state index in [1.807, 2.05) is 6.92 Å². The first-order chi connectivity index (χ1) is 13.4. The molecule has 0 aromatic heterocycles. The Labute approximate surface area is 168 Å². The molecule has 1 heterocycles. The molecule has 154 valence electrons. The third-order valence-electron chi connectivity index (χ3n) is 7.05. The van der Waals surface area contributed by atoms with Crippen molar-refractivity contribution in [2.45, 2.75) is 75.7 Å². The molecule has 0 radical (unpaired) electrons. The number of amides is 1. The number of carbonyl (C=O) groups excluding carboxylic acids is 1. The zero-order valence-electron chi connectivity index (χ0n) is 16.8. The molecule has 1 unspecified atom stereocenters. The Morgan fingerprint density at radius 3 is 2.57 bits per heavy atom. The zero-order chi connectivity index (χ0) is 19.8. The molecule has 1 spiro atoms. The highest BCUT2D eigenvalue weighted by atomic mass is 32.2. The molecule has 1 aromatic carbocycles. The number of piperidine rings is 1. The fourth-order valence-corrected chi connectivity index (χ4v) is 6.84. The first-order valence-electron chi connectivity index (χ1n) is 10.8. The number of carbonyl (C=O) groups is 1. The largest absolute Gasteiger partial charge is 0.353 e. The first kappa shape index (κ1) is 19.9. The Morgan fingerprint density at radius 2 is 1.93 bits per heavy atom. The first-order valence-corrected chi connectivity index (χ1v) is 12.4. The van der Waals surface area contributed by atoms with Gasteiger partial charge in [-0.25, -0.2) is 12.7 Å². The number of hydrogen-bond donors (Lipinski definition) is 1. The molecule has 1 amide bonds. The summed E-state index contributed by atoms with van der Waals surface area (Å²) in [7, 11) is -3.13. The van der Waals surface area contributed by atoms with Crippen LogP contribution in [0.15, 0.2) is 24.3 Å². The number of nitrogens with zero attached hydrogens (tertiary/aromatic N) is 1. The minimum absolute atomic E-state index is 0.0241. The van der Waals surface area contributed by atoms with Crippen LogP contribution in [0.1, 0.15) is 75.3 Å². The molecule has 2 fully saturated rings. The molecule has 2 aliphatic carbocycles. The van der Waals surface area contributed by atoms with E-state index >= 15 is 0 Å². The van der Waals surface area contributed by atoms with Gasteiger partial charge in [-0.2, -0.15) is 0 Å². The van der Waals surface area contributed by atoms with E-state index in [2.05, 4.69) is 29.6 Å². The number of benzene rings is 1. The van der Waals surface area contributed by atoms with Crippen LogP contribution in [-0.2, 0) is 20.2 Å². The van der Waals surface area contributed by atoms with Gasteiger partial charge in [-0.1, -0.05) is 31.2 Å². The lowest BCUT2D eigenvalue weighted by Crippen LogP contribution is -2.45. The number of rotatable bonds is 6. The molecule has 1 aromatic rings. The second kappa shape index (κ2) is 7.79. The van der Waals surface area contributed by atoms with Gasteiger partial charge < -0.3 is 5.32 Å². The Bertz CT molecular complexity index is 824. The standard InChI is InChI=1S/C22H32N2O3S/c1-2-14-28(26,27)24-12-10-22(11-13-24)16-17(19-8-3-4-9-20(19)22)15-21(25)23-18-6-5-7-18/h3-4,8-9,17-18H,2,5-7,10-16H2,1H3,(H,23,25). The molecule has 1 saturated heterocycles. The van der Waals surface area contributed by atoms with Gasteiger partial charge in [-0.05, 0) is 67.4 Å². The Hall–Kier alpha value is -1.40. The van der Waals surface area contributed by atoms with Crippen molar-refractivity contribution in [3.63, 3.8) is 0 Å². The van der Waals surface area contributed by atoms with Crippen LogP contribution in [0.5, 0.6) is 0 Å². The van der Waals surface area contributed by atoms with Gasteiger partial charge in [0.05, 0.1) is 5.75 Å². The van der Waals surface area contributed by atoms with Crippen LogP contribution >= 0.6 is 0 Å². The van der Waals surface area contributed by atoms with Crippen LogP contribution in [0.3, 0.4) is 0 Å². The maximum Gasteiger partial charge on any atom is 0.220 e. The molecule has 6 heteroatoms. The monoisotopic (exact) mass is 404 g/mol. The predicted molar refractivity (Wildman–Crippen MR) is 111 cm³/mol. The molecule has 1 N–H and O–H groups in total. The van der Waals surface area contributed by atoms with Crippen molar-refractivity contribution in [3.05, 3.63) is 35.4 Å². The smallest absolute Gasteiger partial charge is 0.220 e. The van der Waals surface area contributed by atoms with Crippen molar-refractivity contribution in [3.8, 4) is 0 Å². The quantitative estimate of drug-likeness (QED) is 0.791. The third-order valence-corrected chi connectivity index (χ3v) is 9.12. The van der Waals surface area contributed by atoms with Crippen LogP contribution in [0, 0.1) is 0 Å². The Kier molecular flexibility index (Phi) is 5.53. The Balaban J connectivity index is 1.48. The van der Waals surface area contributed by atoms with E-state index in [9.17, 15) is 13.2 Å². The lowest BCUT2D eigenvalue weighted by Gasteiger charge is -2.39. The second-order valence-corrected chi connectivity index (χ2v) is 11.0. The van der Waals surface area contributed by atoms with Crippen molar-refractivity contribution < 1.29 is 13.2 Å². The second-order valence-electron chi connectivity index (χ2n) is 8.88. The minimum Gasteiger partial charge on any atom is -0.353 e. The summed E-state index contributed by atoms with van der Waals surface area (Å²) in [6.07, 6.45) is 7.32. The normalized spacial score (nSPS) is 24.7. The van der Waals surface area contributed by atoms with E-state index in [0.717, 1.165) is 32.1 Å². The van der Waals surface area contributed by atoms with Crippen molar-refractivity contribution in [1.29, 1.82) is 0 Å². The third kappa shape index (κ3) is 3.73. The van der Waals surface area contributed by atoms with Gasteiger partial charge in [-0.15, -0.1) is 0 Å². The average molecular weight is 405 g/mol. The highest BCUT2D eigenvalue weighted by Gasteiger charge is 2.46. The van der Waals surface area contributed by atoms with Crippen LogP contribution < -0.4 is 5.32 Å². The highest BCUT2D eigenvalue weighted by molar-refractivity contribution is 7.89. The van der Waals surface area contributed by atoms with Gasteiger partial charge in [0.15, 0.2) is 0 Å². The molecule has 4 rings (SSSR count). The van der Waals surface area contributed by atoms with E-state index in [4.69, 9.17) is 0 Å². The van der Waals surface area contributed by atoms with Crippen molar-refractivity contribution >= 4 is 15.9 Å². The number of fused-ring (bicyclic) bond motifs is 2. The van der Waals surface area contributed by atoms with E-state index in [1.54, 1.807) is 4.31 Å². The molecule has 5 nitrogen and oxygen atoms in total. The van der Waals surface area contributed by atoms with Crippen LogP contribution in [0.25, 0.3) is 0 Å². The van der Waals surface area contributed by atoms with Gasteiger partial charge in [0.2, 0.25) is 15.9 Å². The van der Waals surface area contributed by atoms with E-state index in [-0.39, 0.29) is 23.0 Å². The van der Waals surface area contributed by atoms with Gasteiger partial charge in [0, 0.05) is 25.6 Å². The molecule has 28 heavy (non-hydrogen) atoms. The molecule has 1 atom stereocenters. The van der Waals surface area contributed by atoms with Crippen LogP contribution in [0.2, 0.25) is 0 Å². The average Bonchev–Trinajstić information content (AvgIpc) is 2.92. The molecular weight excluding hydrogens is 372 g/mol. The SMILES string of the molecule is CCCS(=O)(=O)N1CCC2(CC1)CC(CC(=O)NC1CCC1)c1ccccc12. The van der Waals surface area contributed by atoms with E-state index in [0.29, 0.717) is 32.0 Å². The number of hydrogen-bond acceptors (Lipinski definition) is 3. The summed E-state index contributed by atoms with van der Waals surface area (Å²) in [5.41, 5.74) is 2.68. The number of nitrogens with one attached hydrogen (secondary N) is 1. The van der Waals surface area contributed by atoms with Crippen molar-refractivity contribution in [1.82, 2.24) is 9.62 Å². The zero-order valence-corrected chi connectivity index (χ0v) is 17.6. The number of sulfonamides is 1. The summed E-state index contributed by atoms with van der Waals surface area (Å²) in [5.74, 6) is 0.653. The summed E-state index contributed by atoms with van der Waals surface area (Å²) in [4.78, 5) is 12.5. The van der Waals surface area contributed by atoms with Gasteiger partial charge in [-0.3, -0.25) is 4.79 Å². The van der Waals surface area contributed by atoms with Gasteiger partial charge >= 0.3 is 0 Å². The van der Waals surface area contributed by atoms with Crippen molar-refractivity contribution in [2.24, 2.45) is 0 Å². The fraction of sp³-hybridized carbons (Fsp3) is 0.682. The maximum atomic E-state index is 12.5. The summed E-state index contributed by atoms with van der Waals surface area (Å²) < 4.78 is 26.6. The summed E-state index contributed by atoms with van der Waals surface area (Å²) in [6.45, 7) is 3.10. The summed E-state index contributed by atoms with van der Waals surface area (Å²) in [5, 5.41) is 3.18. The van der Waals surface area contributed by atoms with E-state index < -0.39 is 10.0 Å². The van der Waals surface area contributed by atoms with Crippen molar-refractivity contribution in [2.75, 3.05) is 18.8 Å². The summed E-state index contributed by atoms with van der Waals surface area (Å²) in [6, 6.07) is 8.90. The van der Waals surface area contributed by atoms with Gasteiger partial charge in [0.25, 0.3) is 0 Å². The molecule has 3 aliphatic rings. The minimum atomic E-state index is -3.13. The molecule has 1 aliphatic heterocycles. The van der Waals surface area contributed by atoms with E-state index in [1.165, 1.54) is 17.5 Å². The Morgan fingerprint density at radius 1 is 1.21 bits per heavy atom. The molecule has 0 bridgehead atoms. The summed E-state index contributed by atoms with van der Waals surface area (Å²) >= 11 is 0. The molecular formula is C22H32N2O3S. The van der Waals surface area contributed by atoms with Crippen LogP contribution in [-0.4, -0.2) is 43.5 Å². The molecule has 1 saturated carbocycles.